The molecule has 2 heterocycles. The summed E-state index contributed by atoms with van der Waals surface area (Å²) in [6.45, 7) is 3.68. The van der Waals surface area contributed by atoms with Gasteiger partial charge in [0.15, 0.2) is 10.8 Å². The standard InChI is InChI=1S/C21H24N4O6S/c1-5-11(2)16(17(26)24-20-22-14(10-32-20)19(28)31-4)25-18(27)15(23-21(25)29)12-6-8-13(30-3)9-7-12/h6-11,16,27H,5H2,1-4H3,(H,23,29)(H,22,24,26)/t11-,16-/m0/s1. The van der Waals surface area contributed by atoms with E-state index >= 15 is 0 Å². The molecule has 3 rings (SSSR count). The molecule has 2 atom stereocenters. The molecule has 0 spiro atoms. The van der Waals surface area contributed by atoms with Gasteiger partial charge in [0.1, 0.15) is 17.5 Å². The summed E-state index contributed by atoms with van der Waals surface area (Å²) in [4.78, 5) is 44.2. The number of amides is 1. The van der Waals surface area contributed by atoms with Crippen LogP contribution in [0.1, 0.15) is 36.8 Å². The highest BCUT2D eigenvalue weighted by atomic mass is 32.1. The highest BCUT2D eigenvalue weighted by Crippen LogP contribution is 2.33. The average molecular weight is 461 g/mol. The predicted molar refractivity (Wildman–Crippen MR) is 119 cm³/mol. The zero-order valence-electron chi connectivity index (χ0n) is 18.0. The van der Waals surface area contributed by atoms with E-state index in [1.54, 1.807) is 31.2 Å². The fourth-order valence-electron chi connectivity index (χ4n) is 3.22. The van der Waals surface area contributed by atoms with E-state index in [1.807, 2.05) is 6.92 Å². The summed E-state index contributed by atoms with van der Waals surface area (Å²) in [5.74, 6) is -1.18. The quantitative estimate of drug-likeness (QED) is 0.440. The topological polar surface area (TPSA) is 136 Å². The number of hydrogen-bond acceptors (Lipinski definition) is 8. The van der Waals surface area contributed by atoms with Crippen LogP contribution in [0.15, 0.2) is 34.4 Å². The van der Waals surface area contributed by atoms with Crippen molar-refractivity contribution in [3.05, 3.63) is 45.8 Å². The van der Waals surface area contributed by atoms with Gasteiger partial charge >= 0.3 is 11.7 Å². The molecule has 2 aromatic heterocycles. The number of carbonyl (C=O) groups is 2. The van der Waals surface area contributed by atoms with Gasteiger partial charge < -0.3 is 24.9 Å². The van der Waals surface area contributed by atoms with E-state index in [2.05, 4.69) is 20.0 Å². The molecule has 10 nitrogen and oxygen atoms in total. The molecule has 1 amide bonds. The maximum atomic E-state index is 13.1. The second-order valence-electron chi connectivity index (χ2n) is 7.08. The lowest BCUT2D eigenvalue weighted by Gasteiger charge is -2.23. The van der Waals surface area contributed by atoms with Gasteiger partial charge in [-0.3, -0.25) is 4.79 Å². The third kappa shape index (κ3) is 4.52. The Kier molecular flexibility index (Phi) is 6.98. The van der Waals surface area contributed by atoms with Crippen LogP contribution in [0.5, 0.6) is 11.6 Å². The molecule has 0 saturated heterocycles. The summed E-state index contributed by atoms with van der Waals surface area (Å²) < 4.78 is 10.8. The number of anilines is 1. The van der Waals surface area contributed by atoms with Crippen LogP contribution in [0.3, 0.4) is 0 Å². The summed E-state index contributed by atoms with van der Waals surface area (Å²) in [6, 6.07) is 5.77. The molecule has 0 bridgehead atoms. The van der Waals surface area contributed by atoms with Crippen molar-refractivity contribution < 1.29 is 24.2 Å². The highest BCUT2D eigenvalue weighted by Gasteiger charge is 2.32. The van der Waals surface area contributed by atoms with Crippen molar-refractivity contribution in [3.8, 4) is 22.9 Å². The first kappa shape index (κ1) is 23.1. The minimum Gasteiger partial charge on any atom is -0.497 e. The minimum absolute atomic E-state index is 0.0661. The fraction of sp³-hybridized carbons (Fsp3) is 0.333. The van der Waals surface area contributed by atoms with E-state index in [9.17, 15) is 19.5 Å². The first-order chi connectivity index (χ1) is 15.3. The van der Waals surface area contributed by atoms with E-state index in [0.29, 0.717) is 17.7 Å². The maximum Gasteiger partial charge on any atom is 0.357 e. The molecule has 32 heavy (non-hydrogen) atoms. The number of imidazole rings is 1. The van der Waals surface area contributed by atoms with Gasteiger partial charge in [-0.25, -0.2) is 19.1 Å². The minimum atomic E-state index is -1.01. The number of esters is 1. The molecule has 0 aliphatic heterocycles. The zero-order valence-corrected chi connectivity index (χ0v) is 18.9. The number of carbonyl (C=O) groups excluding carboxylic acids is 2. The van der Waals surface area contributed by atoms with E-state index < -0.39 is 23.6 Å². The Morgan fingerprint density at radius 3 is 2.56 bits per heavy atom. The molecule has 3 aromatic rings. The number of benzene rings is 1. The van der Waals surface area contributed by atoms with Crippen LogP contribution in [0.2, 0.25) is 0 Å². The molecule has 1 aromatic carbocycles. The molecular weight excluding hydrogens is 436 g/mol. The van der Waals surface area contributed by atoms with Gasteiger partial charge in [-0.15, -0.1) is 11.3 Å². The van der Waals surface area contributed by atoms with Crippen LogP contribution < -0.4 is 15.7 Å². The summed E-state index contributed by atoms with van der Waals surface area (Å²) >= 11 is 1.05. The largest absolute Gasteiger partial charge is 0.497 e. The Balaban J connectivity index is 1.96. The van der Waals surface area contributed by atoms with E-state index in [1.165, 1.54) is 19.6 Å². The number of aromatic amines is 1. The molecule has 0 unspecified atom stereocenters. The van der Waals surface area contributed by atoms with Crippen LogP contribution in [-0.2, 0) is 9.53 Å². The number of methoxy groups -OCH3 is 2. The molecule has 0 radical (unpaired) electrons. The monoisotopic (exact) mass is 460 g/mol. The number of rotatable bonds is 8. The lowest BCUT2D eigenvalue weighted by Crippen LogP contribution is -2.35. The molecule has 170 valence electrons. The van der Waals surface area contributed by atoms with Gasteiger partial charge in [0.25, 0.3) is 0 Å². The van der Waals surface area contributed by atoms with Crippen molar-refractivity contribution >= 4 is 28.3 Å². The Labute approximate surface area is 187 Å². The van der Waals surface area contributed by atoms with Gasteiger partial charge in [0.05, 0.1) is 14.2 Å². The average Bonchev–Trinajstić information content (AvgIpc) is 3.38. The van der Waals surface area contributed by atoms with Gasteiger partial charge in [0.2, 0.25) is 11.8 Å². The lowest BCUT2D eigenvalue weighted by atomic mass is 9.98. The predicted octanol–water partition coefficient (Wildman–Crippen LogP) is 3.03. The Hall–Kier alpha value is -3.60. The Bertz CT molecular complexity index is 1160. The van der Waals surface area contributed by atoms with Crippen molar-refractivity contribution in [1.82, 2.24) is 14.5 Å². The number of H-pyrrole nitrogens is 1. The third-order valence-corrected chi connectivity index (χ3v) is 5.90. The zero-order chi connectivity index (χ0) is 23.4. The highest BCUT2D eigenvalue weighted by molar-refractivity contribution is 7.14. The molecule has 0 aliphatic carbocycles. The molecular formula is C21H24N4O6S. The number of nitrogens with one attached hydrogen (secondary N) is 2. The van der Waals surface area contributed by atoms with Gasteiger partial charge in [-0.2, -0.15) is 0 Å². The molecule has 0 aliphatic rings. The van der Waals surface area contributed by atoms with E-state index in [4.69, 9.17) is 4.74 Å². The van der Waals surface area contributed by atoms with Gasteiger partial charge in [0, 0.05) is 10.9 Å². The number of nitrogens with zero attached hydrogens (tertiary/aromatic N) is 2. The van der Waals surface area contributed by atoms with Crippen LogP contribution in [-0.4, -0.2) is 45.7 Å². The first-order valence-corrected chi connectivity index (χ1v) is 10.7. The maximum absolute atomic E-state index is 13.1. The summed E-state index contributed by atoms with van der Waals surface area (Å²) in [5.41, 5.74) is 0.200. The number of hydrogen-bond donors (Lipinski definition) is 3. The number of ether oxygens (including phenoxy) is 2. The normalized spacial score (nSPS) is 12.8. The molecule has 0 saturated carbocycles. The molecule has 3 N–H and O–H groups in total. The number of thiazole rings is 1. The number of aromatic hydroxyl groups is 1. The Morgan fingerprint density at radius 2 is 1.97 bits per heavy atom. The summed E-state index contributed by atoms with van der Waals surface area (Å²) in [7, 11) is 2.77. The second kappa shape index (κ2) is 9.69. The fourth-order valence-corrected chi connectivity index (χ4v) is 3.90. The van der Waals surface area contributed by atoms with E-state index in [-0.39, 0.29) is 28.3 Å². The van der Waals surface area contributed by atoms with Crippen molar-refractivity contribution in [3.63, 3.8) is 0 Å². The second-order valence-corrected chi connectivity index (χ2v) is 7.93. The van der Waals surface area contributed by atoms with Crippen molar-refractivity contribution in [2.24, 2.45) is 5.92 Å². The Morgan fingerprint density at radius 1 is 1.28 bits per heavy atom. The van der Waals surface area contributed by atoms with Gasteiger partial charge in [-0.1, -0.05) is 20.3 Å². The van der Waals surface area contributed by atoms with Crippen LogP contribution in [0.4, 0.5) is 5.13 Å². The lowest BCUT2D eigenvalue weighted by molar-refractivity contribution is -0.120. The van der Waals surface area contributed by atoms with Crippen molar-refractivity contribution in [2.75, 3.05) is 19.5 Å². The van der Waals surface area contributed by atoms with E-state index in [0.717, 1.165) is 15.9 Å². The third-order valence-electron chi connectivity index (χ3n) is 5.14. The van der Waals surface area contributed by atoms with Crippen LogP contribution in [0, 0.1) is 5.92 Å². The first-order valence-electron chi connectivity index (χ1n) is 9.83. The summed E-state index contributed by atoms with van der Waals surface area (Å²) in [6.07, 6.45) is 0.568. The number of aromatic nitrogens is 3. The van der Waals surface area contributed by atoms with Crippen LogP contribution >= 0.6 is 11.3 Å². The van der Waals surface area contributed by atoms with Crippen molar-refractivity contribution in [1.29, 1.82) is 0 Å². The van der Waals surface area contributed by atoms with Crippen LogP contribution in [0.25, 0.3) is 11.3 Å². The van der Waals surface area contributed by atoms with Crippen molar-refractivity contribution in [2.45, 2.75) is 26.3 Å². The van der Waals surface area contributed by atoms with Gasteiger partial charge in [-0.05, 0) is 30.2 Å². The smallest absolute Gasteiger partial charge is 0.357 e. The SMILES string of the molecule is CC[C@H](C)[C@@H](C(=O)Nc1nc(C(=O)OC)cs1)n1c(O)c(-c2ccc(OC)cc2)[nH]c1=O. The summed E-state index contributed by atoms with van der Waals surface area (Å²) in [5, 5.41) is 15.1. The molecule has 0 fully saturated rings. The molecule has 11 heteroatoms.